The van der Waals surface area contributed by atoms with Crippen LogP contribution in [0.3, 0.4) is 0 Å². The molecule has 4 rings (SSSR count). The quantitative estimate of drug-likeness (QED) is 0.708. The zero-order valence-electron chi connectivity index (χ0n) is 17.0. The highest BCUT2D eigenvalue weighted by atomic mass is 16.5. The summed E-state index contributed by atoms with van der Waals surface area (Å²) in [6, 6.07) is 0.614. The highest BCUT2D eigenvalue weighted by Crippen LogP contribution is 2.38. The van der Waals surface area contributed by atoms with Crippen molar-refractivity contribution in [1.82, 2.24) is 9.80 Å². The first-order valence-electron chi connectivity index (χ1n) is 11.0. The van der Waals surface area contributed by atoms with Gasteiger partial charge in [0.1, 0.15) is 6.61 Å². The van der Waals surface area contributed by atoms with Crippen LogP contribution in [-0.2, 0) is 23.8 Å². The summed E-state index contributed by atoms with van der Waals surface area (Å²) in [6.07, 6.45) is 8.09. The number of amides is 2. The number of carbonyl (C=O) groups excluding carboxylic acids is 2. The molecule has 28 heavy (non-hydrogen) atoms. The van der Waals surface area contributed by atoms with Crippen LogP contribution in [0.25, 0.3) is 0 Å². The van der Waals surface area contributed by atoms with Crippen LogP contribution >= 0.6 is 0 Å². The van der Waals surface area contributed by atoms with Gasteiger partial charge in [-0.1, -0.05) is 0 Å². The van der Waals surface area contributed by atoms with Gasteiger partial charge in [-0.25, -0.2) is 0 Å². The lowest BCUT2D eigenvalue weighted by Gasteiger charge is -2.41. The van der Waals surface area contributed by atoms with E-state index in [9.17, 15) is 9.59 Å². The SMILES string of the molecule is COCC(=O)N1[C@@H]2CC[C@H]1CC(OC1CCN(C(=O)C3CCOCC3)CC1)C2. The predicted octanol–water partition coefficient (Wildman–Crippen LogP) is 1.59. The molecule has 0 saturated carbocycles. The largest absolute Gasteiger partial charge is 0.381 e. The summed E-state index contributed by atoms with van der Waals surface area (Å²) in [7, 11) is 1.58. The number of hydrogen-bond acceptors (Lipinski definition) is 5. The number of rotatable bonds is 5. The third-order valence-corrected chi connectivity index (χ3v) is 6.95. The average Bonchev–Trinajstić information content (AvgIpc) is 3.00. The fourth-order valence-electron chi connectivity index (χ4n) is 5.53. The summed E-state index contributed by atoms with van der Waals surface area (Å²) >= 11 is 0. The molecule has 0 radical (unpaired) electrons. The van der Waals surface area contributed by atoms with Crippen LogP contribution in [0.1, 0.15) is 51.4 Å². The predicted molar refractivity (Wildman–Crippen MR) is 103 cm³/mol. The van der Waals surface area contributed by atoms with Gasteiger partial charge in [0, 0.05) is 51.4 Å². The molecule has 1 unspecified atom stereocenters. The molecule has 4 aliphatic heterocycles. The van der Waals surface area contributed by atoms with E-state index >= 15 is 0 Å². The van der Waals surface area contributed by atoms with E-state index in [0.717, 1.165) is 64.5 Å². The maximum Gasteiger partial charge on any atom is 0.249 e. The van der Waals surface area contributed by atoms with Crippen molar-refractivity contribution in [3.63, 3.8) is 0 Å². The van der Waals surface area contributed by atoms with Gasteiger partial charge >= 0.3 is 0 Å². The zero-order chi connectivity index (χ0) is 19.5. The number of ether oxygens (including phenoxy) is 3. The minimum absolute atomic E-state index is 0.119. The molecule has 0 aromatic carbocycles. The normalized spacial score (nSPS) is 32.0. The Kier molecular flexibility index (Phi) is 6.53. The van der Waals surface area contributed by atoms with Crippen LogP contribution in [-0.4, -0.2) is 85.9 Å². The maximum atomic E-state index is 12.7. The van der Waals surface area contributed by atoms with Crippen molar-refractivity contribution in [3.8, 4) is 0 Å². The Hall–Kier alpha value is -1.18. The molecule has 0 aromatic heterocycles. The van der Waals surface area contributed by atoms with Crippen molar-refractivity contribution in [3.05, 3.63) is 0 Å². The Balaban J connectivity index is 1.23. The topological polar surface area (TPSA) is 68.3 Å². The summed E-state index contributed by atoms with van der Waals surface area (Å²) in [5, 5.41) is 0. The molecule has 0 aromatic rings. The van der Waals surface area contributed by atoms with Crippen molar-refractivity contribution in [2.24, 2.45) is 5.92 Å². The van der Waals surface area contributed by atoms with Gasteiger partial charge in [0.05, 0.1) is 12.2 Å². The molecule has 4 heterocycles. The Labute approximate surface area is 167 Å². The first-order chi connectivity index (χ1) is 13.7. The molecular weight excluding hydrogens is 360 g/mol. The minimum Gasteiger partial charge on any atom is -0.381 e. The van der Waals surface area contributed by atoms with Gasteiger partial charge in [0.25, 0.3) is 0 Å². The Bertz CT molecular complexity index is 543. The van der Waals surface area contributed by atoms with Crippen LogP contribution in [0.15, 0.2) is 0 Å². The van der Waals surface area contributed by atoms with Gasteiger partial charge < -0.3 is 24.0 Å². The molecule has 4 aliphatic rings. The van der Waals surface area contributed by atoms with Gasteiger partial charge in [0.2, 0.25) is 11.8 Å². The average molecular weight is 395 g/mol. The van der Waals surface area contributed by atoms with Crippen LogP contribution < -0.4 is 0 Å². The Morgan fingerprint density at radius 3 is 2.18 bits per heavy atom. The Morgan fingerprint density at radius 1 is 0.929 bits per heavy atom. The number of fused-ring (bicyclic) bond motifs is 2. The van der Waals surface area contributed by atoms with Crippen molar-refractivity contribution in [2.75, 3.05) is 40.0 Å². The summed E-state index contributed by atoms with van der Waals surface area (Å²) in [5.74, 6) is 0.578. The van der Waals surface area contributed by atoms with Crippen LogP contribution in [0.2, 0.25) is 0 Å². The van der Waals surface area contributed by atoms with Gasteiger partial charge in [-0.15, -0.1) is 0 Å². The van der Waals surface area contributed by atoms with Crippen molar-refractivity contribution < 1.29 is 23.8 Å². The molecule has 7 heteroatoms. The second-order valence-electron chi connectivity index (χ2n) is 8.76. The van der Waals surface area contributed by atoms with E-state index in [0.29, 0.717) is 31.2 Å². The molecular formula is C21H34N2O5. The molecule has 4 saturated heterocycles. The van der Waals surface area contributed by atoms with E-state index in [2.05, 4.69) is 4.90 Å². The van der Waals surface area contributed by atoms with E-state index in [1.165, 1.54) is 0 Å². The van der Waals surface area contributed by atoms with E-state index < -0.39 is 0 Å². The lowest BCUT2D eigenvalue weighted by Crippen LogP contribution is -2.51. The second-order valence-corrected chi connectivity index (χ2v) is 8.76. The monoisotopic (exact) mass is 394 g/mol. The van der Waals surface area contributed by atoms with Crippen molar-refractivity contribution in [1.29, 1.82) is 0 Å². The maximum absolute atomic E-state index is 12.7. The molecule has 4 fully saturated rings. The lowest BCUT2D eigenvalue weighted by molar-refractivity contribution is -0.146. The van der Waals surface area contributed by atoms with Gasteiger partial charge in [-0.3, -0.25) is 9.59 Å². The number of methoxy groups -OCH3 is 1. The van der Waals surface area contributed by atoms with Gasteiger partial charge in [0.15, 0.2) is 0 Å². The molecule has 3 atom stereocenters. The summed E-state index contributed by atoms with van der Waals surface area (Å²) in [5.41, 5.74) is 0. The van der Waals surface area contributed by atoms with E-state index in [1.807, 2.05) is 4.90 Å². The van der Waals surface area contributed by atoms with Gasteiger partial charge in [-0.05, 0) is 51.4 Å². The minimum atomic E-state index is 0.119. The van der Waals surface area contributed by atoms with Crippen LogP contribution in [0.5, 0.6) is 0 Å². The first-order valence-corrected chi connectivity index (χ1v) is 11.0. The molecule has 2 amide bonds. The number of likely N-dealkylation sites (tertiary alicyclic amines) is 1. The lowest BCUT2D eigenvalue weighted by atomic mass is 9.96. The van der Waals surface area contributed by atoms with Crippen molar-refractivity contribution >= 4 is 11.8 Å². The molecule has 158 valence electrons. The van der Waals surface area contributed by atoms with Crippen molar-refractivity contribution in [2.45, 2.75) is 75.7 Å². The summed E-state index contributed by atoms with van der Waals surface area (Å²) in [6.45, 7) is 3.21. The second kappa shape index (κ2) is 9.09. The molecule has 0 aliphatic carbocycles. The third-order valence-electron chi connectivity index (χ3n) is 6.95. The van der Waals surface area contributed by atoms with Crippen LogP contribution in [0, 0.1) is 5.92 Å². The fraction of sp³-hybridized carbons (Fsp3) is 0.905. The fourth-order valence-corrected chi connectivity index (χ4v) is 5.53. The van der Waals surface area contributed by atoms with E-state index in [-0.39, 0.29) is 30.6 Å². The smallest absolute Gasteiger partial charge is 0.249 e. The Morgan fingerprint density at radius 2 is 1.57 bits per heavy atom. The van der Waals surface area contributed by atoms with Crippen LogP contribution in [0.4, 0.5) is 0 Å². The summed E-state index contributed by atoms with van der Waals surface area (Å²) in [4.78, 5) is 29.1. The molecule has 2 bridgehead atoms. The summed E-state index contributed by atoms with van der Waals surface area (Å²) < 4.78 is 16.9. The number of nitrogens with zero attached hydrogens (tertiary/aromatic N) is 2. The van der Waals surface area contributed by atoms with E-state index in [1.54, 1.807) is 7.11 Å². The molecule has 7 nitrogen and oxygen atoms in total. The highest BCUT2D eigenvalue weighted by molar-refractivity contribution is 5.79. The van der Waals surface area contributed by atoms with Gasteiger partial charge in [-0.2, -0.15) is 0 Å². The molecule has 0 N–H and O–H groups in total. The first kappa shape index (κ1) is 20.1. The van der Waals surface area contributed by atoms with E-state index in [4.69, 9.17) is 14.2 Å². The number of hydrogen-bond donors (Lipinski definition) is 0. The number of carbonyl (C=O) groups is 2. The zero-order valence-corrected chi connectivity index (χ0v) is 17.0. The standard InChI is InChI=1S/C21H34N2O5/c1-26-14-20(24)23-16-2-3-17(23)13-19(12-16)28-18-4-8-22(9-5-18)21(25)15-6-10-27-11-7-15/h15-19H,2-14H2,1H3/t16-,17+,19?. The number of piperidine rings is 2. The molecule has 0 spiro atoms. The highest BCUT2D eigenvalue weighted by Gasteiger charge is 2.44. The third kappa shape index (κ3) is 4.36.